The van der Waals surface area contributed by atoms with Gasteiger partial charge in [0.2, 0.25) is 5.91 Å². The van der Waals surface area contributed by atoms with Gasteiger partial charge in [-0.25, -0.2) is 4.39 Å². The third-order valence-electron chi connectivity index (χ3n) is 4.20. The van der Waals surface area contributed by atoms with Crippen molar-refractivity contribution in [3.63, 3.8) is 0 Å². The Bertz CT molecular complexity index is 1100. The van der Waals surface area contributed by atoms with E-state index in [1.165, 1.54) is 34.6 Å². The van der Waals surface area contributed by atoms with E-state index >= 15 is 0 Å². The molecule has 0 saturated carbocycles. The average Bonchev–Trinajstić information content (AvgIpc) is 2.69. The van der Waals surface area contributed by atoms with Crippen LogP contribution in [0, 0.1) is 12.7 Å². The highest BCUT2D eigenvalue weighted by atomic mass is 35.5. The molecule has 0 bridgehead atoms. The Morgan fingerprint density at radius 1 is 1.24 bits per heavy atom. The van der Waals surface area contributed by atoms with Crippen LogP contribution in [0.3, 0.4) is 0 Å². The number of nitrogens with one attached hydrogen (secondary N) is 1. The summed E-state index contributed by atoms with van der Waals surface area (Å²) in [6.07, 6.45) is 0. The summed E-state index contributed by atoms with van der Waals surface area (Å²) < 4.78 is 14.5. The van der Waals surface area contributed by atoms with Crippen molar-refractivity contribution in [1.82, 2.24) is 15.1 Å². The van der Waals surface area contributed by atoms with Gasteiger partial charge in [0.05, 0.1) is 10.9 Å². The molecule has 1 unspecified atom stereocenters. The van der Waals surface area contributed by atoms with E-state index in [4.69, 9.17) is 11.6 Å². The predicted molar refractivity (Wildman–Crippen MR) is 113 cm³/mol. The predicted octanol–water partition coefficient (Wildman–Crippen LogP) is 4.13. The molecule has 150 valence electrons. The second-order valence-electron chi connectivity index (χ2n) is 6.46. The van der Waals surface area contributed by atoms with Crippen molar-refractivity contribution >= 4 is 29.3 Å². The molecule has 0 saturated heterocycles. The smallest absolute Gasteiger partial charge is 0.271 e. The van der Waals surface area contributed by atoms with Crippen LogP contribution < -0.4 is 10.9 Å². The highest BCUT2D eigenvalue weighted by Crippen LogP contribution is 2.22. The topological polar surface area (TPSA) is 64.0 Å². The molecule has 0 fully saturated rings. The van der Waals surface area contributed by atoms with E-state index < -0.39 is 5.25 Å². The first-order valence-corrected chi connectivity index (χ1v) is 10.1. The normalized spacial score (nSPS) is 11.9. The number of rotatable bonds is 6. The summed E-state index contributed by atoms with van der Waals surface area (Å²) >= 11 is 7.38. The fraction of sp³-hybridized carbons (Fsp3) is 0.190. The number of hydrogen-bond acceptors (Lipinski definition) is 4. The molecule has 0 aliphatic heterocycles. The number of carbonyl (C=O) groups is 1. The second-order valence-corrected chi connectivity index (χ2v) is 8.23. The number of aryl methyl sites for hydroxylation is 1. The van der Waals surface area contributed by atoms with Crippen LogP contribution in [0.2, 0.25) is 5.02 Å². The van der Waals surface area contributed by atoms with E-state index in [0.29, 0.717) is 21.3 Å². The first-order chi connectivity index (χ1) is 13.8. The molecule has 0 aliphatic rings. The Balaban J connectivity index is 1.70. The zero-order valence-corrected chi connectivity index (χ0v) is 17.4. The molecule has 1 heterocycles. The van der Waals surface area contributed by atoms with Gasteiger partial charge >= 0.3 is 0 Å². The van der Waals surface area contributed by atoms with E-state index in [-0.39, 0.29) is 23.8 Å². The molecule has 0 spiro atoms. The minimum Gasteiger partial charge on any atom is -0.351 e. The standard InChI is InChI=1S/C21H19ClFN3O2S/c1-13-6-7-17(11-18(13)22)26-20(27)9-8-19(25-26)29-14(2)21(28)24-12-15-4-3-5-16(23)10-15/h3-11,14H,12H2,1-2H3,(H,24,28). The zero-order valence-electron chi connectivity index (χ0n) is 15.9. The van der Waals surface area contributed by atoms with Crippen LogP contribution in [0.5, 0.6) is 0 Å². The van der Waals surface area contributed by atoms with Gasteiger partial charge in [-0.1, -0.05) is 41.6 Å². The van der Waals surface area contributed by atoms with Crippen molar-refractivity contribution in [2.24, 2.45) is 0 Å². The number of thioether (sulfide) groups is 1. The lowest BCUT2D eigenvalue weighted by molar-refractivity contribution is -0.120. The van der Waals surface area contributed by atoms with Crippen LogP contribution in [0.15, 0.2) is 64.4 Å². The van der Waals surface area contributed by atoms with E-state index in [9.17, 15) is 14.0 Å². The van der Waals surface area contributed by atoms with Gasteiger partial charge < -0.3 is 5.32 Å². The Labute approximate surface area is 176 Å². The second kappa shape index (κ2) is 9.24. The van der Waals surface area contributed by atoms with Gasteiger partial charge in [0.1, 0.15) is 10.8 Å². The van der Waals surface area contributed by atoms with Gasteiger partial charge in [0.15, 0.2) is 0 Å². The van der Waals surface area contributed by atoms with Crippen LogP contribution >= 0.6 is 23.4 Å². The Morgan fingerprint density at radius 2 is 2.03 bits per heavy atom. The Kier molecular flexibility index (Phi) is 6.71. The summed E-state index contributed by atoms with van der Waals surface area (Å²) in [7, 11) is 0. The summed E-state index contributed by atoms with van der Waals surface area (Å²) in [6.45, 7) is 3.85. The van der Waals surface area contributed by atoms with E-state index in [2.05, 4.69) is 10.4 Å². The molecule has 3 rings (SSSR count). The Morgan fingerprint density at radius 3 is 2.76 bits per heavy atom. The number of halogens is 2. The summed E-state index contributed by atoms with van der Waals surface area (Å²) in [5.41, 5.74) is 1.84. The van der Waals surface area contributed by atoms with Gasteiger partial charge in [-0.05, 0) is 55.3 Å². The fourth-order valence-corrected chi connectivity index (χ4v) is 3.57. The molecule has 2 aromatic carbocycles. The molecule has 5 nitrogen and oxygen atoms in total. The third-order valence-corrected chi connectivity index (χ3v) is 5.63. The molecule has 0 radical (unpaired) electrons. The largest absolute Gasteiger partial charge is 0.351 e. The average molecular weight is 432 g/mol. The van der Waals surface area contributed by atoms with E-state index in [0.717, 1.165) is 5.56 Å². The summed E-state index contributed by atoms with van der Waals surface area (Å²) in [5, 5.41) is 7.73. The Hall–Kier alpha value is -2.64. The molecule has 8 heteroatoms. The van der Waals surface area contributed by atoms with Gasteiger partial charge in [-0.3, -0.25) is 9.59 Å². The van der Waals surface area contributed by atoms with Gasteiger partial charge in [-0.15, -0.1) is 0 Å². The summed E-state index contributed by atoms with van der Waals surface area (Å²) in [6, 6.07) is 14.3. The minimum absolute atomic E-state index is 0.211. The lowest BCUT2D eigenvalue weighted by Crippen LogP contribution is -2.30. The van der Waals surface area contributed by atoms with Crippen LogP contribution in [-0.4, -0.2) is 20.9 Å². The number of carbonyl (C=O) groups excluding carboxylic acids is 1. The molecule has 1 N–H and O–H groups in total. The molecule has 1 amide bonds. The van der Waals surface area contributed by atoms with Crippen LogP contribution in [0.25, 0.3) is 5.69 Å². The van der Waals surface area contributed by atoms with Crippen LogP contribution in [0.1, 0.15) is 18.1 Å². The number of aromatic nitrogens is 2. The minimum atomic E-state index is -0.455. The van der Waals surface area contributed by atoms with Crippen LogP contribution in [0.4, 0.5) is 4.39 Å². The van der Waals surface area contributed by atoms with E-state index in [1.54, 1.807) is 37.3 Å². The third kappa shape index (κ3) is 5.46. The summed E-state index contributed by atoms with van der Waals surface area (Å²) in [4.78, 5) is 24.6. The number of amides is 1. The highest BCUT2D eigenvalue weighted by Gasteiger charge is 2.16. The maximum absolute atomic E-state index is 13.2. The number of nitrogens with zero attached hydrogens (tertiary/aromatic N) is 2. The highest BCUT2D eigenvalue weighted by molar-refractivity contribution is 8.00. The maximum Gasteiger partial charge on any atom is 0.271 e. The lowest BCUT2D eigenvalue weighted by Gasteiger charge is -2.13. The fourth-order valence-electron chi connectivity index (χ4n) is 2.57. The van der Waals surface area contributed by atoms with Crippen molar-refractivity contribution in [1.29, 1.82) is 0 Å². The van der Waals surface area contributed by atoms with Crippen LogP contribution in [-0.2, 0) is 11.3 Å². The molecule has 0 aliphatic carbocycles. The van der Waals surface area contributed by atoms with E-state index in [1.807, 2.05) is 13.0 Å². The van der Waals surface area contributed by atoms with Crippen molar-refractivity contribution in [3.8, 4) is 5.69 Å². The molecule has 29 heavy (non-hydrogen) atoms. The molecular weight excluding hydrogens is 413 g/mol. The number of benzene rings is 2. The monoisotopic (exact) mass is 431 g/mol. The SMILES string of the molecule is Cc1ccc(-n2nc(SC(C)C(=O)NCc3cccc(F)c3)ccc2=O)cc1Cl. The zero-order chi connectivity index (χ0) is 21.0. The van der Waals surface area contributed by atoms with Crippen molar-refractivity contribution in [2.45, 2.75) is 30.7 Å². The summed E-state index contributed by atoms with van der Waals surface area (Å²) in [5.74, 6) is -0.556. The molecule has 1 atom stereocenters. The first kappa shape index (κ1) is 21.1. The van der Waals surface area contributed by atoms with Gasteiger partial charge in [0.25, 0.3) is 5.56 Å². The van der Waals surface area contributed by atoms with Crippen molar-refractivity contribution < 1.29 is 9.18 Å². The first-order valence-electron chi connectivity index (χ1n) is 8.89. The maximum atomic E-state index is 13.2. The molecular formula is C21H19ClFN3O2S. The van der Waals surface area contributed by atoms with Crippen molar-refractivity contribution in [2.75, 3.05) is 0 Å². The van der Waals surface area contributed by atoms with Crippen molar-refractivity contribution in [3.05, 3.63) is 86.9 Å². The lowest BCUT2D eigenvalue weighted by atomic mass is 10.2. The number of hydrogen-bond donors (Lipinski definition) is 1. The molecule has 3 aromatic rings. The van der Waals surface area contributed by atoms with Gasteiger partial charge in [0, 0.05) is 17.6 Å². The molecule has 1 aromatic heterocycles. The van der Waals surface area contributed by atoms with Gasteiger partial charge in [-0.2, -0.15) is 9.78 Å². The quantitative estimate of drug-likeness (QED) is 0.596.